The zero-order valence-electron chi connectivity index (χ0n) is 15.5. The molecule has 4 rings (SSSR count). The Morgan fingerprint density at radius 2 is 1.68 bits per heavy atom. The number of aromatic hydroxyl groups is 1. The number of carboxylic acids is 1. The first-order valence-electron chi connectivity index (χ1n) is 9.49. The van der Waals surface area contributed by atoms with Crippen LogP contribution >= 0.6 is 0 Å². The largest absolute Gasteiger partial charge is 0.508 e. The van der Waals surface area contributed by atoms with Crippen LogP contribution in [0.3, 0.4) is 0 Å². The van der Waals surface area contributed by atoms with Gasteiger partial charge in [-0.25, -0.2) is 4.79 Å². The summed E-state index contributed by atoms with van der Waals surface area (Å²) in [4.78, 5) is 10.7. The molecule has 3 heteroatoms. The Kier molecular flexibility index (Phi) is 4.98. The van der Waals surface area contributed by atoms with Crippen molar-refractivity contribution in [2.45, 2.75) is 24.7 Å². The molecule has 0 aliphatic heterocycles. The Labute approximate surface area is 164 Å². The summed E-state index contributed by atoms with van der Waals surface area (Å²) in [6.07, 6.45) is 4.72. The third kappa shape index (κ3) is 3.70. The Hall–Kier alpha value is -3.33. The molecule has 28 heavy (non-hydrogen) atoms. The third-order valence-electron chi connectivity index (χ3n) is 5.53. The molecule has 3 aromatic carbocycles. The summed E-state index contributed by atoms with van der Waals surface area (Å²) in [6, 6.07) is 24.4. The van der Waals surface area contributed by atoms with E-state index in [4.69, 9.17) is 5.11 Å². The monoisotopic (exact) mass is 370 g/mol. The number of carboxylic acid groups (broad SMARTS) is 1. The van der Waals surface area contributed by atoms with Crippen LogP contribution in [0.25, 0.3) is 6.08 Å². The number of aryl methyl sites for hydroxylation is 1. The SMILES string of the molecule is O=C(O)C=Cc1ccc([C@H]2c3ccc(O)cc3CC[C@H]2c2ccccc2)cc1. The molecule has 0 saturated heterocycles. The van der Waals surface area contributed by atoms with Gasteiger partial charge >= 0.3 is 5.97 Å². The van der Waals surface area contributed by atoms with Crippen LogP contribution in [0.1, 0.15) is 46.1 Å². The molecule has 0 saturated carbocycles. The molecule has 0 amide bonds. The molecule has 2 atom stereocenters. The Balaban J connectivity index is 1.76. The van der Waals surface area contributed by atoms with Crippen molar-refractivity contribution < 1.29 is 15.0 Å². The van der Waals surface area contributed by atoms with Gasteiger partial charge in [0.1, 0.15) is 5.75 Å². The van der Waals surface area contributed by atoms with E-state index in [1.165, 1.54) is 22.3 Å². The number of hydrogen-bond donors (Lipinski definition) is 2. The van der Waals surface area contributed by atoms with Crippen molar-refractivity contribution in [3.05, 3.63) is 107 Å². The lowest BCUT2D eigenvalue weighted by Gasteiger charge is -2.34. The average Bonchev–Trinajstić information content (AvgIpc) is 2.72. The van der Waals surface area contributed by atoms with Gasteiger partial charge in [-0.15, -0.1) is 0 Å². The van der Waals surface area contributed by atoms with Crippen LogP contribution in [-0.2, 0) is 11.2 Å². The van der Waals surface area contributed by atoms with Gasteiger partial charge in [-0.2, -0.15) is 0 Å². The number of fused-ring (bicyclic) bond motifs is 1. The molecule has 3 nitrogen and oxygen atoms in total. The lowest BCUT2D eigenvalue weighted by atomic mass is 9.69. The highest BCUT2D eigenvalue weighted by atomic mass is 16.4. The van der Waals surface area contributed by atoms with E-state index in [-0.39, 0.29) is 5.92 Å². The highest BCUT2D eigenvalue weighted by Gasteiger charge is 2.32. The third-order valence-corrected chi connectivity index (χ3v) is 5.53. The summed E-state index contributed by atoms with van der Waals surface area (Å²) in [5.41, 5.74) is 5.84. The van der Waals surface area contributed by atoms with E-state index in [9.17, 15) is 9.90 Å². The van der Waals surface area contributed by atoms with Crippen LogP contribution in [0.15, 0.2) is 78.9 Å². The van der Waals surface area contributed by atoms with Gasteiger partial charge in [0.25, 0.3) is 0 Å². The smallest absolute Gasteiger partial charge is 0.328 e. The number of phenolic OH excluding ortho intramolecular Hbond substituents is 1. The fourth-order valence-electron chi connectivity index (χ4n) is 4.26. The number of hydrogen-bond acceptors (Lipinski definition) is 2. The Morgan fingerprint density at radius 1 is 0.929 bits per heavy atom. The average molecular weight is 370 g/mol. The first kappa shape index (κ1) is 18.1. The van der Waals surface area contributed by atoms with Gasteiger partial charge in [-0.05, 0) is 64.8 Å². The highest BCUT2D eigenvalue weighted by molar-refractivity contribution is 5.85. The predicted molar refractivity (Wildman–Crippen MR) is 111 cm³/mol. The summed E-state index contributed by atoms with van der Waals surface area (Å²) in [7, 11) is 0. The van der Waals surface area contributed by atoms with Crippen LogP contribution in [0.5, 0.6) is 5.75 Å². The Morgan fingerprint density at radius 3 is 2.39 bits per heavy atom. The first-order chi connectivity index (χ1) is 13.6. The zero-order valence-corrected chi connectivity index (χ0v) is 15.5. The van der Waals surface area contributed by atoms with Crippen molar-refractivity contribution in [3.8, 4) is 5.75 Å². The van der Waals surface area contributed by atoms with Gasteiger partial charge in [0.05, 0.1) is 0 Å². The minimum Gasteiger partial charge on any atom is -0.508 e. The molecule has 2 N–H and O–H groups in total. The summed E-state index contributed by atoms with van der Waals surface area (Å²) in [5.74, 6) is -0.0815. The lowest BCUT2D eigenvalue weighted by Crippen LogP contribution is -2.20. The highest BCUT2D eigenvalue weighted by Crippen LogP contribution is 2.46. The summed E-state index contributed by atoms with van der Waals surface area (Å²) < 4.78 is 0. The topological polar surface area (TPSA) is 57.5 Å². The van der Waals surface area contributed by atoms with E-state index < -0.39 is 5.97 Å². The van der Waals surface area contributed by atoms with Gasteiger partial charge in [-0.3, -0.25) is 0 Å². The summed E-state index contributed by atoms with van der Waals surface area (Å²) in [6.45, 7) is 0. The maximum absolute atomic E-state index is 10.7. The van der Waals surface area contributed by atoms with Crippen molar-refractivity contribution in [3.63, 3.8) is 0 Å². The van der Waals surface area contributed by atoms with E-state index in [0.717, 1.165) is 24.5 Å². The summed E-state index contributed by atoms with van der Waals surface area (Å²) >= 11 is 0. The van der Waals surface area contributed by atoms with Crippen molar-refractivity contribution >= 4 is 12.0 Å². The molecule has 3 aromatic rings. The standard InChI is InChI=1S/C25H22O3/c26-21-12-14-23-20(16-21)11-13-22(18-4-2-1-3-5-18)25(23)19-9-6-17(7-10-19)8-15-24(27)28/h1-10,12,14-16,22,25-26H,11,13H2,(H,27,28)/t22-,25+/m0/s1. The molecule has 0 heterocycles. The summed E-state index contributed by atoms with van der Waals surface area (Å²) in [5, 5.41) is 18.7. The Bertz CT molecular complexity index is 1000. The van der Waals surface area contributed by atoms with Crippen LogP contribution in [-0.4, -0.2) is 16.2 Å². The van der Waals surface area contributed by atoms with E-state index in [2.05, 4.69) is 36.4 Å². The van der Waals surface area contributed by atoms with Crippen molar-refractivity contribution in [2.24, 2.45) is 0 Å². The van der Waals surface area contributed by atoms with E-state index >= 15 is 0 Å². The van der Waals surface area contributed by atoms with Crippen LogP contribution in [0, 0.1) is 0 Å². The number of benzene rings is 3. The second-order valence-corrected chi connectivity index (χ2v) is 7.25. The minimum atomic E-state index is -0.950. The van der Waals surface area contributed by atoms with Crippen LogP contribution in [0.2, 0.25) is 0 Å². The molecule has 1 aliphatic rings. The van der Waals surface area contributed by atoms with Crippen molar-refractivity contribution in [1.29, 1.82) is 0 Å². The van der Waals surface area contributed by atoms with Crippen molar-refractivity contribution in [2.75, 3.05) is 0 Å². The van der Waals surface area contributed by atoms with Gasteiger partial charge in [-0.1, -0.05) is 60.7 Å². The fraction of sp³-hybridized carbons (Fsp3) is 0.160. The van der Waals surface area contributed by atoms with Gasteiger partial charge in [0, 0.05) is 12.0 Å². The molecule has 0 spiro atoms. The number of aliphatic carboxylic acids is 1. The van der Waals surface area contributed by atoms with Gasteiger partial charge in [0.2, 0.25) is 0 Å². The number of phenols is 1. The van der Waals surface area contributed by atoms with Gasteiger partial charge in [0.15, 0.2) is 0 Å². The molecule has 140 valence electrons. The second kappa shape index (κ2) is 7.73. The molecule has 0 radical (unpaired) electrons. The maximum Gasteiger partial charge on any atom is 0.328 e. The molecule has 0 bridgehead atoms. The molecule has 0 unspecified atom stereocenters. The van der Waals surface area contributed by atoms with Crippen molar-refractivity contribution in [1.82, 2.24) is 0 Å². The molecular weight excluding hydrogens is 348 g/mol. The minimum absolute atomic E-state index is 0.198. The molecule has 0 aromatic heterocycles. The molecule has 0 fully saturated rings. The second-order valence-electron chi connectivity index (χ2n) is 7.25. The molecule has 1 aliphatic carbocycles. The maximum atomic E-state index is 10.7. The lowest BCUT2D eigenvalue weighted by molar-refractivity contribution is -0.131. The van der Waals surface area contributed by atoms with E-state index in [0.29, 0.717) is 11.7 Å². The zero-order chi connectivity index (χ0) is 19.5. The normalized spacial score (nSPS) is 18.7. The fourth-order valence-corrected chi connectivity index (χ4v) is 4.26. The number of rotatable bonds is 4. The predicted octanol–water partition coefficient (Wildman–Crippen LogP) is 5.35. The quantitative estimate of drug-likeness (QED) is 0.609. The van der Waals surface area contributed by atoms with E-state index in [1.807, 2.05) is 30.3 Å². The molecular formula is C25H22O3. The van der Waals surface area contributed by atoms with Gasteiger partial charge < -0.3 is 10.2 Å². The van der Waals surface area contributed by atoms with E-state index in [1.54, 1.807) is 12.1 Å². The number of carbonyl (C=O) groups is 1. The van der Waals surface area contributed by atoms with Crippen LogP contribution in [0.4, 0.5) is 0 Å². The first-order valence-corrected chi connectivity index (χ1v) is 9.49. The van der Waals surface area contributed by atoms with Crippen LogP contribution < -0.4 is 0 Å².